The van der Waals surface area contributed by atoms with Crippen LogP contribution in [0.1, 0.15) is 11.1 Å². The Morgan fingerprint density at radius 2 is 1.54 bits per heavy atom. The Balaban J connectivity index is 1.60. The third kappa shape index (κ3) is 4.82. The summed E-state index contributed by atoms with van der Waals surface area (Å²) < 4.78 is 0. The minimum absolute atomic E-state index is 0.412. The van der Waals surface area contributed by atoms with Crippen LogP contribution in [0.15, 0.2) is 36.4 Å². The average Bonchev–Trinajstić information content (AvgIpc) is 2.65. The largest absolute Gasteiger partial charge is 0.369 e. The molecule has 1 aliphatic rings. The Bertz CT molecular complexity index is 851. The maximum atomic E-state index is 12.3. The molecule has 3 rings (SSSR count). The summed E-state index contributed by atoms with van der Waals surface area (Å²) in [6.45, 7) is 7.76. The van der Waals surface area contributed by atoms with Crippen LogP contribution in [0.4, 0.5) is 17.1 Å². The van der Waals surface area contributed by atoms with E-state index in [1.54, 1.807) is 6.07 Å². The van der Waals surface area contributed by atoms with Gasteiger partial charge in [-0.2, -0.15) is 0 Å². The molecule has 0 saturated carbocycles. The molecular formula is C21H25ClN4O2. The highest BCUT2D eigenvalue weighted by atomic mass is 35.5. The third-order valence-electron chi connectivity index (χ3n) is 4.87. The van der Waals surface area contributed by atoms with Crippen molar-refractivity contribution >= 4 is 40.5 Å². The second kappa shape index (κ2) is 8.63. The van der Waals surface area contributed by atoms with Crippen molar-refractivity contribution in [3.8, 4) is 0 Å². The van der Waals surface area contributed by atoms with Crippen LogP contribution >= 0.6 is 11.6 Å². The summed E-state index contributed by atoms with van der Waals surface area (Å²) in [5.74, 6) is -1.49. The predicted octanol–water partition coefficient (Wildman–Crippen LogP) is 3.29. The molecule has 2 aromatic carbocycles. The van der Waals surface area contributed by atoms with Crippen molar-refractivity contribution in [1.29, 1.82) is 0 Å². The molecule has 0 aromatic heterocycles. The van der Waals surface area contributed by atoms with E-state index in [1.165, 1.54) is 0 Å². The van der Waals surface area contributed by atoms with E-state index in [9.17, 15) is 9.59 Å². The Morgan fingerprint density at radius 1 is 0.929 bits per heavy atom. The van der Waals surface area contributed by atoms with Gasteiger partial charge in [-0.1, -0.05) is 17.7 Å². The molecule has 2 aromatic rings. The number of amides is 2. The van der Waals surface area contributed by atoms with E-state index in [1.807, 2.05) is 44.2 Å². The van der Waals surface area contributed by atoms with Crippen molar-refractivity contribution in [2.75, 3.05) is 48.8 Å². The standard InChI is InChI=1S/C21H25ClN4O2/c1-14-12-15(2)19(18(22)13-14)24-21(28)20(27)23-16-4-6-17(7-5-16)26-10-8-25(3)9-11-26/h4-7,12-13H,8-11H2,1-3H3,(H,23,27)(H,24,28). The van der Waals surface area contributed by atoms with Crippen molar-refractivity contribution in [1.82, 2.24) is 4.90 Å². The lowest BCUT2D eigenvalue weighted by molar-refractivity contribution is -0.133. The molecule has 1 heterocycles. The molecule has 6 nitrogen and oxygen atoms in total. The first-order valence-electron chi connectivity index (χ1n) is 9.26. The van der Waals surface area contributed by atoms with Gasteiger partial charge in [0.1, 0.15) is 0 Å². The SMILES string of the molecule is Cc1cc(C)c(NC(=O)C(=O)Nc2ccc(N3CCN(C)CC3)cc2)c(Cl)c1. The van der Waals surface area contributed by atoms with Gasteiger partial charge in [0.25, 0.3) is 0 Å². The van der Waals surface area contributed by atoms with E-state index in [0.717, 1.165) is 43.0 Å². The smallest absolute Gasteiger partial charge is 0.314 e. The van der Waals surface area contributed by atoms with Gasteiger partial charge < -0.3 is 20.4 Å². The predicted molar refractivity (Wildman–Crippen MR) is 114 cm³/mol. The zero-order valence-electron chi connectivity index (χ0n) is 16.4. The topological polar surface area (TPSA) is 64.7 Å². The molecule has 2 N–H and O–H groups in total. The number of hydrogen-bond donors (Lipinski definition) is 2. The lowest BCUT2D eigenvalue weighted by atomic mass is 10.1. The van der Waals surface area contributed by atoms with Crippen LogP contribution in [0.2, 0.25) is 5.02 Å². The number of piperazine rings is 1. The summed E-state index contributed by atoms with van der Waals surface area (Å²) in [6, 6.07) is 11.2. The zero-order valence-corrected chi connectivity index (χ0v) is 17.1. The van der Waals surface area contributed by atoms with Gasteiger partial charge in [0.15, 0.2) is 0 Å². The average molecular weight is 401 g/mol. The Morgan fingerprint density at radius 3 is 2.14 bits per heavy atom. The third-order valence-corrected chi connectivity index (χ3v) is 5.17. The molecule has 1 aliphatic heterocycles. The minimum atomic E-state index is -0.753. The number of likely N-dealkylation sites (N-methyl/N-ethyl adjacent to an activating group) is 1. The number of carbonyl (C=O) groups excluding carboxylic acids is 2. The number of rotatable bonds is 3. The maximum Gasteiger partial charge on any atom is 0.314 e. The number of benzene rings is 2. The van der Waals surface area contributed by atoms with Crippen molar-refractivity contribution in [2.45, 2.75) is 13.8 Å². The Kier molecular flexibility index (Phi) is 6.21. The molecule has 0 radical (unpaired) electrons. The van der Waals surface area contributed by atoms with Gasteiger partial charge in [0, 0.05) is 37.6 Å². The molecule has 2 amide bonds. The number of carbonyl (C=O) groups is 2. The molecule has 148 valence electrons. The van der Waals surface area contributed by atoms with Gasteiger partial charge in [0.2, 0.25) is 0 Å². The van der Waals surface area contributed by atoms with Gasteiger partial charge in [-0.05, 0) is 62.4 Å². The van der Waals surface area contributed by atoms with E-state index in [4.69, 9.17) is 11.6 Å². The number of halogens is 1. The summed E-state index contributed by atoms with van der Waals surface area (Å²) in [5, 5.41) is 5.64. The Labute approximate surface area is 170 Å². The quantitative estimate of drug-likeness (QED) is 0.776. The summed E-state index contributed by atoms with van der Waals surface area (Å²) in [7, 11) is 2.12. The first kappa shape index (κ1) is 20.2. The summed E-state index contributed by atoms with van der Waals surface area (Å²) in [5.41, 5.74) is 3.94. The highest BCUT2D eigenvalue weighted by Crippen LogP contribution is 2.27. The van der Waals surface area contributed by atoms with Crippen molar-refractivity contribution in [2.24, 2.45) is 0 Å². The monoisotopic (exact) mass is 400 g/mol. The fraction of sp³-hybridized carbons (Fsp3) is 0.333. The maximum absolute atomic E-state index is 12.3. The molecule has 0 unspecified atom stereocenters. The number of nitrogens with zero attached hydrogens (tertiary/aromatic N) is 2. The second-order valence-corrected chi connectivity index (χ2v) is 7.59. The fourth-order valence-electron chi connectivity index (χ4n) is 3.25. The molecule has 0 aliphatic carbocycles. The molecule has 0 spiro atoms. The summed E-state index contributed by atoms with van der Waals surface area (Å²) in [6.07, 6.45) is 0. The Hall–Kier alpha value is -2.57. The van der Waals surface area contributed by atoms with E-state index in [-0.39, 0.29) is 0 Å². The molecule has 7 heteroatoms. The second-order valence-electron chi connectivity index (χ2n) is 7.18. The molecule has 1 saturated heterocycles. The van der Waals surface area contributed by atoms with E-state index < -0.39 is 11.8 Å². The molecular weight excluding hydrogens is 376 g/mol. The van der Waals surface area contributed by atoms with Crippen LogP contribution in [-0.2, 0) is 9.59 Å². The van der Waals surface area contributed by atoms with Gasteiger partial charge in [-0.25, -0.2) is 0 Å². The van der Waals surface area contributed by atoms with Crippen LogP contribution in [0.25, 0.3) is 0 Å². The van der Waals surface area contributed by atoms with Gasteiger partial charge in [0.05, 0.1) is 10.7 Å². The van der Waals surface area contributed by atoms with Crippen LogP contribution in [0, 0.1) is 13.8 Å². The summed E-state index contributed by atoms with van der Waals surface area (Å²) >= 11 is 6.19. The van der Waals surface area contributed by atoms with E-state index in [0.29, 0.717) is 16.4 Å². The first-order chi connectivity index (χ1) is 13.3. The van der Waals surface area contributed by atoms with Gasteiger partial charge in [-0.3, -0.25) is 9.59 Å². The van der Waals surface area contributed by atoms with Crippen LogP contribution in [0.5, 0.6) is 0 Å². The van der Waals surface area contributed by atoms with Crippen LogP contribution < -0.4 is 15.5 Å². The number of hydrogen-bond acceptors (Lipinski definition) is 4. The first-order valence-corrected chi connectivity index (χ1v) is 9.64. The molecule has 1 fully saturated rings. The molecule has 0 atom stereocenters. The normalized spacial score (nSPS) is 14.6. The lowest BCUT2D eigenvalue weighted by Crippen LogP contribution is -2.44. The number of anilines is 3. The highest BCUT2D eigenvalue weighted by molar-refractivity contribution is 6.45. The molecule has 28 heavy (non-hydrogen) atoms. The van der Waals surface area contributed by atoms with Crippen molar-refractivity contribution < 1.29 is 9.59 Å². The number of aryl methyl sites for hydroxylation is 2. The fourth-order valence-corrected chi connectivity index (χ4v) is 3.62. The summed E-state index contributed by atoms with van der Waals surface area (Å²) in [4.78, 5) is 29.1. The lowest BCUT2D eigenvalue weighted by Gasteiger charge is -2.34. The van der Waals surface area contributed by atoms with Crippen LogP contribution in [0.3, 0.4) is 0 Å². The van der Waals surface area contributed by atoms with Crippen molar-refractivity contribution in [3.05, 3.63) is 52.5 Å². The van der Waals surface area contributed by atoms with E-state index >= 15 is 0 Å². The van der Waals surface area contributed by atoms with Gasteiger partial charge in [-0.15, -0.1) is 0 Å². The number of nitrogens with one attached hydrogen (secondary N) is 2. The highest BCUT2D eigenvalue weighted by Gasteiger charge is 2.18. The van der Waals surface area contributed by atoms with Crippen LogP contribution in [-0.4, -0.2) is 49.9 Å². The van der Waals surface area contributed by atoms with E-state index in [2.05, 4.69) is 27.5 Å². The van der Waals surface area contributed by atoms with Crippen molar-refractivity contribution in [3.63, 3.8) is 0 Å². The van der Waals surface area contributed by atoms with Gasteiger partial charge >= 0.3 is 11.8 Å². The minimum Gasteiger partial charge on any atom is -0.369 e. The molecule has 0 bridgehead atoms. The zero-order chi connectivity index (χ0) is 20.3.